The van der Waals surface area contributed by atoms with Crippen LogP contribution in [-0.2, 0) is 9.53 Å². The average Bonchev–Trinajstić information content (AvgIpc) is 2.87. The minimum absolute atomic E-state index is 0.0658. The zero-order valence-corrected chi connectivity index (χ0v) is 18.7. The van der Waals surface area contributed by atoms with Crippen LogP contribution in [0.1, 0.15) is 63.0 Å². The van der Waals surface area contributed by atoms with Crippen LogP contribution in [0.15, 0.2) is 29.1 Å². The fourth-order valence-corrected chi connectivity index (χ4v) is 5.32. The molecule has 30 heavy (non-hydrogen) atoms. The van der Waals surface area contributed by atoms with Gasteiger partial charge in [-0.15, -0.1) is 11.8 Å². The summed E-state index contributed by atoms with van der Waals surface area (Å²) in [5, 5.41) is 5.75. The molecule has 0 bridgehead atoms. The molecular formula is C22H29N3O4S. The highest BCUT2D eigenvalue weighted by molar-refractivity contribution is 8.00. The monoisotopic (exact) mass is 431 g/mol. The molecule has 0 saturated carbocycles. The van der Waals surface area contributed by atoms with E-state index >= 15 is 0 Å². The maximum atomic E-state index is 13.0. The quantitative estimate of drug-likeness (QED) is 0.768. The van der Waals surface area contributed by atoms with Crippen molar-refractivity contribution in [3.63, 3.8) is 0 Å². The maximum absolute atomic E-state index is 13.0. The lowest BCUT2D eigenvalue weighted by Crippen LogP contribution is -2.36. The number of ether oxygens (including phenoxy) is 2. The third kappa shape index (κ3) is 4.30. The van der Waals surface area contributed by atoms with Crippen molar-refractivity contribution in [3.05, 3.63) is 45.7 Å². The van der Waals surface area contributed by atoms with Crippen LogP contribution < -0.4 is 15.6 Å². The number of aromatic nitrogens is 2. The topological polar surface area (TPSA) is 85.4 Å². The molecule has 8 heteroatoms. The molecule has 2 aliphatic heterocycles. The Kier molecular flexibility index (Phi) is 5.72. The number of carbonyl (C=O) groups excluding carboxylic acids is 1. The number of anilines is 1. The van der Waals surface area contributed by atoms with Crippen LogP contribution in [0.2, 0.25) is 0 Å². The van der Waals surface area contributed by atoms with Crippen molar-refractivity contribution in [2.45, 2.75) is 63.5 Å². The van der Waals surface area contributed by atoms with Gasteiger partial charge in [0.05, 0.1) is 34.3 Å². The molecule has 0 radical (unpaired) electrons. The van der Waals surface area contributed by atoms with E-state index in [-0.39, 0.29) is 34.5 Å². The number of amides is 1. The second-order valence-electron chi connectivity index (χ2n) is 8.80. The second-order valence-corrected chi connectivity index (χ2v) is 9.90. The van der Waals surface area contributed by atoms with E-state index in [1.165, 1.54) is 11.8 Å². The van der Waals surface area contributed by atoms with Crippen molar-refractivity contribution in [1.82, 2.24) is 9.78 Å². The zero-order chi connectivity index (χ0) is 21.5. The van der Waals surface area contributed by atoms with E-state index in [4.69, 9.17) is 9.47 Å². The number of hydrogen-bond acceptors (Lipinski definition) is 5. The summed E-state index contributed by atoms with van der Waals surface area (Å²) in [6.07, 6.45) is 1.64. The molecular weight excluding hydrogens is 402 g/mol. The fraction of sp³-hybridized carbons (Fsp3) is 0.545. The lowest BCUT2D eigenvalue weighted by molar-refractivity contribution is -0.113. The van der Waals surface area contributed by atoms with Crippen LogP contribution in [0.4, 0.5) is 5.82 Å². The summed E-state index contributed by atoms with van der Waals surface area (Å²) in [7, 11) is 0. The fourth-order valence-electron chi connectivity index (χ4n) is 4.19. The lowest BCUT2D eigenvalue weighted by Gasteiger charge is -2.36. The molecule has 2 N–H and O–H groups in total. The standard InChI is InChI=1S/C22H29N3O4S/c1-13(2)29-16-7-5-14(6-8-16)19-18-20(23-17(26)12-30-19)25(24-21(18)27)15-9-10-28-22(3,4)11-15/h5-8,13,15,19H,9-12H2,1-4H3,(H,23,26)(H,24,27)/t15-,19-/m1/s1. The van der Waals surface area contributed by atoms with E-state index in [0.29, 0.717) is 23.7 Å². The van der Waals surface area contributed by atoms with E-state index in [0.717, 1.165) is 24.2 Å². The molecule has 1 saturated heterocycles. The highest BCUT2D eigenvalue weighted by Gasteiger charge is 2.36. The van der Waals surface area contributed by atoms with Gasteiger partial charge in [0.2, 0.25) is 5.91 Å². The highest BCUT2D eigenvalue weighted by atomic mass is 32.2. The van der Waals surface area contributed by atoms with Gasteiger partial charge in [-0.05, 0) is 58.2 Å². The number of benzene rings is 1. The number of nitrogens with one attached hydrogen (secondary N) is 2. The Balaban J connectivity index is 1.72. The first-order chi connectivity index (χ1) is 14.2. The molecule has 2 atom stereocenters. The Morgan fingerprint density at radius 2 is 1.97 bits per heavy atom. The zero-order valence-electron chi connectivity index (χ0n) is 17.9. The molecule has 2 aromatic rings. The van der Waals surface area contributed by atoms with Crippen molar-refractivity contribution in [2.75, 3.05) is 17.7 Å². The highest BCUT2D eigenvalue weighted by Crippen LogP contribution is 2.42. The summed E-state index contributed by atoms with van der Waals surface area (Å²) in [4.78, 5) is 25.5. The summed E-state index contributed by atoms with van der Waals surface area (Å²) in [5.41, 5.74) is 1.15. The summed E-state index contributed by atoms with van der Waals surface area (Å²) in [6, 6.07) is 7.85. The number of aromatic amines is 1. The number of carbonyl (C=O) groups is 1. The number of nitrogens with zero attached hydrogens (tertiary/aromatic N) is 1. The van der Waals surface area contributed by atoms with Crippen LogP contribution in [0.3, 0.4) is 0 Å². The van der Waals surface area contributed by atoms with Crippen molar-refractivity contribution in [2.24, 2.45) is 0 Å². The van der Waals surface area contributed by atoms with Gasteiger partial charge in [-0.25, -0.2) is 0 Å². The number of fused-ring (bicyclic) bond motifs is 1. The number of thioether (sulfide) groups is 1. The smallest absolute Gasteiger partial charge is 0.270 e. The minimum atomic E-state index is -0.272. The Hall–Kier alpha value is -2.19. The van der Waals surface area contributed by atoms with Crippen molar-refractivity contribution < 1.29 is 14.3 Å². The maximum Gasteiger partial charge on any atom is 0.270 e. The van der Waals surface area contributed by atoms with Crippen LogP contribution >= 0.6 is 11.8 Å². The molecule has 0 unspecified atom stereocenters. The summed E-state index contributed by atoms with van der Waals surface area (Å²) in [5.74, 6) is 1.58. The van der Waals surface area contributed by atoms with E-state index in [1.807, 2.05) is 42.8 Å². The van der Waals surface area contributed by atoms with Gasteiger partial charge in [0.15, 0.2) is 0 Å². The van der Waals surface area contributed by atoms with Gasteiger partial charge >= 0.3 is 0 Å². The van der Waals surface area contributed by atoms with Gasteiger partial charge in [0, 0.05) is 6.61 Å². The first-order valence-electron chi connectivity index (χ1n) is 10.4. The van der Waals surface area contributed by atoms with Gasteiger partial charge in [-0.2, -0.15) is 0 Å². The molecule has 7 nitrogen and oxygen atoms in total. The summed E-state index contributed by atoms with van der Waals surface area (Å²) >= 11 is 1.47. The van der Waals surface area contributed by atoms with E-state index in [9.17, 15) is 9.59 Å². The van der Waals surface area contributed by atoms with Crippen LogP contribution in [0.5, 0.6) is 5.75 Å². The van der Waals surface area contributed by atoms with Crippen LogP contribution in [0, 0.1) is 0 Å². The number of H-pyrrole nitrogens is 1. The lowest BCUT2D eigenvalue weighted by atomic mass is 9.94. The summed E-state index contributed by atoms with van der Waals surface area (Å²) < 4.78 is 13.4. The minimum Gasteiger partial charge on any atom is -0.491 e. The molecule has 0 spiro atoms. The summed E-state index contributed by atoms with van der Waals surface area (Å²) in [6.45, 7) is 8.70. The molecule has 1 fully saturated rings. The van der Waals surface area contributed by atoms with Gasteiger partial charge in [0.25, 0.3) is 5.56 Å². The molecule has 162 valence electrons. The van der Waals surface area contributed by atoms with E-state index in [2.05, 4.69) is 24.3 Å². The SMILES string of the molecule is CC(C)Oc1ccc([C@H]2SCC(=O)Nc3c2c(=O)[nH]n3[C@@H]2CCOC(C)(C)C2)cc1. The predicted octanol–water partition coefficient (Wildman–Crippen LogP) is 3.87. The molecule has 2 aliphatic rings. The van der Waals surface area contributed by atoms with Gasteiger partial charge in [0.1, 0.15) is 11.6 Å². The van der Waals surface area contributed by atoms with Crippen molar-refractivity contribution in [1.29, 1.82) is 0 Å². The van der Waals surface area contributed by atoms with Gasteiger partial charge in [-0.3, -0.25) is 19.4 Å². The Labute approximate surface area is 180 Å². The van der Waals surface area contributed by atoms with E-state index < -0.39 is 0 Å². The average molecular weight is 432 g/mol. The van der Waals surface area contributed by atoms with Crippen LogP contribution in [-0.4, -0.2) is 39.8 Å². The number of hydrogen-bond donors (Lipinski definition) is 2. The molecule has 1 aromatic carbocycles. The Morgan fingerprint density at radius 3 is 2.63 bits per heavy atom. The first kappa shape index (κ1) is 21.1. The molecule has 0 aliphatic carbocycles. The molecule has 3 heterocycles. The van der Waals surface area contributed by atoms with Crippen molar-refractivity contribution >= 4 is 23.5 Å². The first-order valence-corrected chi connectivity index (χ1v) is 11.4. The molecule has 4 rings (SSSR count). The van der Waals surface area contributed by atoms with Gasteiger partial charge in [-0.1, -0.05) is 12.1 Å². The predicted molar refractivity (Wildman–Crippen MR) is 118 cm³/mol. The number of rotatable bonds is 4. The van der Waals surface area contributed by atoms with Gasteiger partial charge < -0.3 is 14.8 Å². The normalized spacial score (nSPS) is 23.6. The third-order valence-electron chi connectivity index (χ3n) is 5.45. The molecule has 1 amide bonds. The second kappa shape index (κ2) is 8.15. The Bertz CT molecular complexity index is 977. The largest absolute Gasteiger partial charge is 0.491 e. The van der Waals surface area contributed by atoms with Crippen molar-refractivity contribution in [3.8, 4) is 5.75 Å². The third-order valence-corrected chi connectivity index (χ3v) is 6.72. The van der Waals surface area contributed by atoms with Crippen LogP contribution in [0.25, 0.3) is 0 Å². The Morgan fingerprint density at radius 1 is 1.23 bits per heavy atom. The molecule has 1 aromatic heterocycles. The van der Waals surface area contributed by atoms with E-state index in [1.54, 1.807) is 0 Å².